The van der Waals surface area contributed by atoms with E-state index in [9.17, 15) is 9.67 Å². The largest absolute Gasteiger partial charge is 0.368 e. The molecule has 1 spiro atoms. The van der Waals surface area contributed by atoms with Crippen molar-refractivity contribution in [2.75, 3.05) is 30.9 Å². The Labute approximate surface area is 272 Å². The van der Waals surface area contributed by atoms with Crippen LogP contribution in [-0.4, -0.2) is 86.2 Å². The first-order valence-electron chi connectivity index (χ1n) is 16.1. The lowest BCUT2D eigenvalue weighted by Gasteiger charge is -2.53. The van der Waals surface area contributed by atoms with Crippen LogP contribution in [0.5, 0.6) is 0 Å². The van der Waals surface area contributed by atoms with E-state index in [0.717, 1.165) is 24.3 Å². The van der Waals surface area contributed by atoms with E-state index in [4.69, 9.17) is 34.9 Å². The van der Waals surface area contributed by atoms with E-state index in [1.54, 1.807) is 24.7 Å². The average molecular weight is 672 g/mol. The highest BCUT2D eigenvalue weighted by Crippen LogP contribution is 2.54. The van der Waals surface area contributed by atoms with Crippen LogP contribution in [0.25, 0.3) is 11.0 Å². The van der Waals surface area contributed by atoms with E-state index in [2.05, 4.69) is 20.0 Å². The quantitative estimate of drug-likeness (QED) is 0.164. The molecule has 0 bridgehead atoms. The van der Waals surface area contributed by atoms with Crippen LogP contribution in [0, 0.1) is 5.41 Å². The second-order valence-electron chi connectivity index (χ2n) is 15.5. The van der Waals surface area contributed by atoms with Crippen LogP contribution in [0.15, 0.2) is 6.20 Å². The summed E-state index contributed by atoms with van der Waals surface area (Å²) in [5.41, 5.74) is -0.355. The van der Waals surface area contributed by atoms with Gasteiger partial charge >= 0.3 is 7.60 Å². The zero-order chi connectivity index (χ0) is 32.8. The topological polar surface area (TPSA) is 130 Å². The number of aliphatic hydroxyl groups is 1. The van der Waals surface area contributed by atoms with Crippen molar-refractivity contribution in [3.63, 3.8) is 0 Å². The first kappa shape index (κ1) is 35.0. The van der Waals surface area contributed by atoms with Gasteiger partial charge < -0.3 is 33.3 Å². The van der Waals surface area contributed by atoms with Crippen molar-refractivity contribution >= 4 is 36.0 Å². The van der Waals surface area contributed by atoms with E-state index in [1.165, 1.54) is 32.1 Å². The number of halogens is 1. The highest BCUT2D eigenvalue weighted by atomic mass is 35.5. The maximum Gasteiger partial charge on any atom is 0.357 e. The van der Waals surface area contributed by atoms with Crippen molar-refractivity contribution in [3.05, 3.63) is 11.5 Å². The molecule has 0 radical (unpaired) electrons. The number of aromatic nitrogens is 4. The summed E-state index contributed by atoms with van der Waals surface area (Å²) < 4.78 is 45.3. The molecular formula is C31H51ClN5O7P. The van der Waals surface area contributed by atoms with Gasteiger partial charge in [-0.1, -0.05) is 19.3 Å². The van der Waals surface area contributed by atoms with Crippen molar-refractivity contribution in [3.8, 4) is 0 Å². The molecule has 45 heavy (non-hydrogen) atoms. The highest BCUT2D eigenvalue weighted by molar-refractivity contribution is 7.53. The molecule has 0 amide bonds. The minimum atomic E-state index is -3.58. The molecule has 3 atom stereocenters. The maximum atomic E-state index is 13.6. The Kier molecular flexibility index (Phi) is 10.0. The second kappa shape index (κ2) is 12.9. The lowest BCUT2D eigenvalue weighted by atomic mass is 9.68. The van der Waals surface area contributed by atoms with E-state index in [0.29, 0.717) is 24.0 Å². The molecule has 0 unspecified atom stereocenters. The fraction of sp³-hybridized carbons (Fsp3) is 0.839. The van der Waals surface area contributed by atoms with Crippen LogP contribution in [0.1, 0.15) is 93.9 Å². The fourth-order valence-corrected chi connectivity index (χ4v) is 9.06. The Morgan fingerprint density at radius 3 is 2.29 bits per heavy atom. The van der Waals surface area contributed by atoms with Crippen LogP contribution >= 0.6 is 19.2 Å². The lowest BCUT2D eigenvalue weighted by Crippen LogP contribution is -2.57. The molecule has 2 aromatic heterocycles. The monoisotopic (exact) mass is 671 g/mol. The Hall–Kier alpha value is -1.37. The standard InChI is InChI=1S/C31H51ClN5O7P/c1-28(2,3)43-45(39,44-29(4,5)6)20-40-17-21-14-23(42-30(7,8)38)24(41-21)16-37-26-22(15-33-37)25(34-27(32)35-26)36-18-31(19-36)12-10-9-11-13-31/h15,21,23-24,38H,9-14,16-20H2,1-8H3/t21-,23+,24+/m0/s1. The van der Waals surface area contributed by atoms with Gasteiger partial charge in [-0.25, -0.2) is 4.68 Å². The molecule has 2 aromatic rings. The Balaban J connectivity index is 1.28. The van der Waals surface area contributed by atoms with Crippen molar-refractivity contribution in [1.82, 2.24) is 19.7 Å². The summed E-state index contributed by atoms with van der Waals surface area (Å²) in [6.07, 6.45) is 7.15. The number of hydrogen-bond acceptors (Lipinski definition) is 11. The van der Waals surface area contributed by atoms with Gasteiger partial charge in [-0.2, -0.15) is 15.1 Å². The molecule has 0 aromatic carbocycles. The highest BCUT2D eigenvalue weighted by Gasteiger charge is 2.45. The number of fused-ring (bicyclic) bond motifs is 1. The van der Waals surface area contributed by atoms with Gasteiger partial charge in [0.25, 0.3) is 0 Å². The van der Waals surface area contributed by atoms with Gasteiger partial charge in [0.15, 0.2) is 11.4 Å². The van der Waals surface area contributed by atoms with Gasteiger partial charge in [0, 0.05) is 24.9 Å². The molecule has 5 rings (SSSR count). The third-order valence-corrected chi connectivity index (χ3v) is 10.5. The van der Waals surface area contributed by atoms with Gasteiger partial charge in [0.2, 0.25) is 5.28 Å². The van der Waals surface area contributed by atoms with E-state index in [1.807, 2.05) is 41.5 Å². The predicted octanol–water partition coefficient (Wildman–Crippen LogP) is 6.32. The van der Waals surface area contributed by atoms with Crippen LogP contribution in [0.2, 0.25) is 5.28 Å². The third kappa shape index (κ3) is 9.16. The summed E-state index contributed by atoms with van der Waals surface area (Å²) in [6, 6.07) is 0. The van der Waals surface area contributed by atoms with Crippen molar-refractivity contribution in [2.24, 2.45) is 5.41 Å². The Morgan fingerprint density at radius 1 is 1.04 bits per heavy atom. The van der Waals surface area contributed by atoms with E-state index < -0.39 is 36.8 Å². The van der Waals surface area contributed by atoms with Crippen LogP contribution in [0.3, 0.4) is 0 Å². The number of ether oxygens (including phenoxy) is 3. The molecule has 2 aliphatic heterocycles. The smallest absolute Gasteiger partial charge is 0.357 e. The molecule has 4 heterocycles. The minimum Gasteiger partial charge on any atom is -0.368 e. The first-order chi connectivity index (χ1) is 20.8. The summed E-state index contributed by atoms with van der Waals surface area (Å²) in [4.78, 5) is 11.4. The molecule has 1 N–H and O–H groups in total. The SMILES string of the molecule is CC(C)(C)OP(=O)(COC[C@@H]1C[C@@H](OC(C)(C)O)[C@@H](Cn2ncc3c(N4CC5(CCCCC5)C4)nc(Cl)nc32)O1)OC(C)(C)C. The summed E-state index contributed by atoms with van der Waals surface area (Å²) >= 11 is 6.45. The maximum absolute atomic E-state index is 13.6. The Morgan fingerprint density at radius 2 is 1.69 bits per heavy atom. The summed E-state index contributed by atoms with van der Waals surface area (Å²) in [6.45, 7) is 16.5. The molecule has 2 saturated heterocycles. The van der Waals surface area contributed by atoms with Crippen LogP contribution in [-0.2, 0) is 34.4 Å². The molecule has 3 fully saturated rings. The van der Waals surface area contributed by atoms with Crippen LogP contribution in [0.4, 0.5) is 5.82 Å². The minimum absolute atomic E-state index is 0.141. The van der Waals surface area contributed by atoms with Crippen molar-refractivity contribution in [2.45, 2.75) is 136 Å². The van der Waals surface area contributed by atoms with Crippen molar-refractivity contribution < 1.29 is 32.9 Å². The normalized spacial score (nSPS) is 24.5. The van der Waals surface area contributed by atoms with Crippen molar-refractivity contribution in [1.29, 1.82) is 0 Å². The van der Waals surface area contributed by atoms with Gasteiger partial charge in [-0.05, 0) is 79.8 Å². The lowest BCUT2D eigenvalue weighted by molar-refractivity contribution is -0.215. The molecule has 254 valence electrons. The third-order valence-electron chi connectivity index (χ3n) is 8.16. The summed E-state index contributed by atoms with van der Waals surface area (Å²) in [5, 5.41) is 16.2. The van der Waals surface area contributed by atoms with E-state index >= 15 is 0 Å². The Bertz CT molecular complexity index is 1350. The predicted molar refractivity (Wildman–Crippen MR) is 173 cm³/mol. The second-order valence-corrected chi connectivity index (χ2v) is 17.6. The molecule has 1 saturated carbocycles. The number of hydrogen-bond donors (Lipinski definition) is 1. The van der Waals surface area contributed by atoms with Gasteiger partial charge in [-0.3, -0.25) is 4.57 Å². The first-order valence-corrected chi connectivity index (χ1v) is 18.2. The fourth-order valence-electron chi connectivity index (χ4n) is 6.76. The zero-order valence-corrected chi connectivity index (χ0v) is 29.7. The average Bonchev–Trinajstić information content (AvgIpc) is 3.42. The number of rotatable bonds is 11. The summed E-state index contributed by atoms with van der Waals surface area (Å²) in [5.74, 6) is -0.564. The molecule has 1 aliphatic carbocycles. The van der Waals surface area contributed by atoms with Crippen LogP contribution < -0.4 is 4.90 Å². The molecule has 14 heteroatoms. The molecule has 12 nitrogen and oxygen atoms in total. The molecular weight excluding hydrogens is 621 g/mol. The van der Waals surface area contributed by atoms with Gasteiger partial charge in [0.1, 0.15) is 18.3 Å². The molecule has 3 aliphatic rings. The zero-order valence-electron chi connectivity index (χ0n) is 28.0. The van der Waals surface area contributed by atoms with E-state index in [-0.39, 0.29) is 24.3 Å². The van der Waals surface area contributed by atoms with Gasteiger partial charge in [0.05, 0.1) is 48.1 Å². The number of anilines is 1. The number of nitrogens with zero attached hydrogens (tertiary/aromatic N) is 5. The summed E-state index contributed by atoms with van der Waals surface area (Å²) in [7, 11) is -3.58. The van der Waals surface area contributed by atoms with Gasteiger partial charge in [-0.15, -0.1) is 0 Å².